The first-order valence-corrected chi connectivity index (χ1v) is 10.6. The third-order valence-electron chi connectivity index (χ3n) is 4.54. The fraction of sp³-hybridized carbons (Fsp3) is 0.273. The van der Waals surface area contributed by atoms with Crippen LogP contribution in [0.3, 0.4) is 0 Å². The molecule has 0 saturated carbocycles. The second-order valence-corrected chi connectivity index (χ2v) is 8.29. The van der Waals surface area contributed by atoms with Gasteiger partial charge >= 0.3 is 6.03 Å². The molecule has 0 aliphatic heterocycles. The van der Waals surface area contributed by atoms with E-state index < -0.39 is 12.1 Å². The Bertz CT molecular complexity index is 1030. The van der Waals surface area contributed by atoms with Crippen LogP contribution in [0.2, 0.25) is 0 Å². The molecule has 0 spiro atoms. The highest BCUT2D eigenvalue weighted by Gasteiger charge is 2.25. The molecule has 1 aromatic heterocycles. The molecule has 8 nitrogen and oxygen atoms in total. The lowest BCUT2D eigenvalue weighted by atomic mass is 10.0. The lowest BCUT2D eigenvalue weighted by molar-refractivity contribution is -0.118. The first-order chi connectivity index (χ1) is 14.9. The quantitative estimate of drug-likeness (QED) is 0.509. The lowest BCUT2D eigenvalue weighted by Crippen LogP contribution is -2.48. The van der Waals surface area contributed by atoms with Gasteiger partial charge < -0.3 is 15.4 Å². The number of rotatable bonds is 7. The van der Waals surface area contributed by atoms with Crippen molar-refractivity contribution in [2.75, 3.05) is 17.7 Å². The van der Waals surface area contributed by atoms with E-state index in [9.17, 15) is 9.59 Å². The fourth-order valence-corrected chi connectivity index (χ4v) is 3.54. The molecule has 3 rings (SSSR count). The number of carbonyl (C=O) groups is 2. The van der Waals surface area contributed by atoms with Gasteiger partial charge in [0.15, 0.2) is 0 Å². The van der Waals surface area contributed by atoms with Gasteiger partial charge in [-0.25, -0.2) is 4.79 Å². The van der Waals surface area contributed by atoms with E-state index in [0.29, 0.717) is 15.8 Å². The molecular weight excluding hydrogens is 414 g/mol. The van der Waals surface area contributed by atoms with Crippen LogP contribution in [0, 0.1) is 12.8 Å². The molecule has 3 amide bonds. The first-order valence-electron chi connectivity index (χ1n) is 9.78. The van der Waals surface area contributed by atoms with E-state index in [4.69, 9.17) is 4.74 Å². The van der Waals surface area contributed by atoms with Crippen LogP contribution in [-0.4, -0.2) is 35.3 Å². The van der Waals surface area contributed by atoms with Crippen molar-refractivity contribution in [2.24, 2.45) is 5.92 Å². The molecule has 1 heterocycles. The standard InChI is InChI=1S/C22H25N5O3S/c1-13(2)18(24-21(29)23-16-9-5-14(3)6-10-16)19(28)25-22-27-26-20(31-22)15-7-11-17(30-4)12-8-15/h5-13,18H,1-4H3,(H2,23,24,29)(H,25,27,28). The van der Waals surface area contributed by atoms with Crippen molar-refractivity contribution in [3.05, 3.63) is 54.1 Å². The first kappa shape index (κ1) is 22.2. The maximum atomic E-state index is 12.8. The summed E-state index contributed by atoms with van der Waals surface area (Å²) < 4.78 is 5.16. The van der Waals surface area contributed by atoms with E-state index in [-0.39, 0.29) is 11.8 Å². The van der Waals surface area contributed by atoms with Crippen LogP contribution in [-0.2, 0) is 4.79 Å². The van der Waals surface area contributed by atoms with Crippen molar-refractivity contribution in [2.45, 2.75) is 26.8 Å². The van der Waals surface area contributed by atoms with Crippen molar-refractivity contribution < 1.29 is 14.3 Å². The zero-order chi connectivity index (χ0) is 22.4. The van der Waals surface area contributed by atoms with Crippen LogP contribution >= 0.6 is 11.3 Å². The van der Waals surface area contributed by atoms with E-state index >= 15 is 0 Å². The zero-order valence-corrected chi connectivity index (χ0v) is 18.6. The Balaban J connectivity index is 1.63. The smallest absolute Gasteiger partial charge is 0.319 e. The Kier molecular flexibility index (Phi) is 7.19. The second kappa shape index (κ2) is 10.0. The molecule has 0 bridgehead atoms. The van der Waals surface area contributed by atoms with Crippen LogP contribution < -0.4 is 20.7 Å². The number of carbonyl (C=O) groups excluding carboxylic acids is 2. The van der Waals surface area contributed by atoms with Gasteiger partial charge in [0.05, 0.1) is 7.11 Å². The third kappa shape index (κ3) is 6.02. The average molecular weight is 440 g/mol. The predicted molar refractivity (Wildman–Crippen MR) is 122 cm³/mol. The molecule has 0 saturated heterocycles. The van der Waals surface area contributed by atoms with Crippen LogP contribution in [0.4, 0.5) is 15.6 Å². The summed E-state index contributed by atoms with van der Waals surface area (Å²) in [5.41, 5.74) is 2.62. The van der Waals surface area contributed by atoms with Crippen molar-refractivity contribution >= 4 is 34.1 Å². The number of hydrogen-bond acceptors (Lipinski definition) is 6. The van der Waals surface area contributed by atoms with Gasteiger partial charge in [-0.15, -0.1) is 10.2 Å². The number of anilines is 2. The Hall–Kier alpha value is -3.46. The Morgan fingerprint density at radius 2 is 1.65 bits per heavy atom. The molecular formula is C22H25N5O3S. The number of ether oxygens (including phenoxy) is 1. The molecule has 1 atom stereocenters. The van der Waals surface area contributed by atoms with Crippen LogP contribution in [0.25, 0.3) is 10.6 Å². The van der Waals surface area contributed by atoms with Crippen molar-refractivity contribution in [1.29, 1.82) is 0 Å². The number of amides is 3. The van der Waals surface area contributed by atoms with Gasteiger partial charge in [0.1, 0.15) is 16.8 Å². The predicted octanol–water partition coefficient (Wildman–Crippen LogP) is 4.31. The number of nitrogens with one attached hydrogen (secondary N) is 3. The number of aromatic nitrogens is 2. The van der Waals surface area contributed by atoms with Crippen LogP contribution in [0.15, 0.2) is 48.5 Å². The highest BCUT2D eigenvalue weighted by Crippen LogP contribution is 2.28. The van der Waals surface area contributed by atoms with E-state index in [1.807, 2.05) is 57.2 Å². The molecule has 0 radical (unpaired) electrons. The number of methoxy groups -OCH3 is 1. The van der Waals surface area contributed by atoms with Crippen LogP contribution in [0.1, 0.15) is 19.4 Å². The van der Waals surface area contributed by atoms with Gasteiger partial charge in [-0.2, -0.15) is 0 Å². The molecule has 31 heavy (non-hydrogen) atoms. The summed E-state index contributed by atoms with van der Waals surface area (Å²) in [6, 6.07) is 13.6. The fourth-order valence-electron chi connectivity index (χ4n) is 2.79. The topological polar surface area (TPSA) is 105 Å². The monoisotopic (exact) mass is 439 g/mol. The Morgan fingerprint density at radius 3 is 2.26 bits per heavy atom. The summed E-state index contributed by atoms with van der Waals surface area (Å²) in [6.07, 6.45) is 0. The summed E-state index contributed by atoms with van der Waals surface area (Å²) in [5.74, 6) is 0.265. The van der Waals surface area contributed by atoms with Gasteiger partial charge in [-0.05, 0) is 49.2 Å². The van der Waals surface area contributed by atoms with Crippen molar-refractivity contribution in [3.63, 3.8) is 0 Å². The SMILES string of the molecule is COc1ccc(-c2nnc(NC(=O)C(NC(=O)Nc3ccc(C)cc3)C(C)C)s2)cc1. The van der Waals surface area contributed by atoms with E-state index in [2.05, 4.69) is 26.1 Å². The van der Waals surface area contributed by atoms with Crippen molar-refractivity contribution in [3.8, 4) is 16.3 Å². The number of aryl methyl sites for hydroxylation is 1. The summed E-state index contributed by atoms with van der Waals surface area (Å²) in [7, 11) is 1.60. The Labute approximate surface area is 185 Å². The molecule has 9 heteroatoms. The molecule has 3 N–H and O–H groups in total. The average Bonchev–Trinajstić information content (AvgIpc) is 3.22. The summed E-state index contributed by atoms with van der Waals surface area (Å²) >= 11 is 1.26. The minimum absolute atomic E-state index is 0.127. The minimum atomic E-state index is -0.737. The lowest BCUT2D eigenvalue weighted by Gasteiger charge is -2.21. The molecule has 162 valence electrons. The molecule has 3 aromatic rings. The summed E-state index contributed by atoms with van der Waals surface area (Å²) in [4.78, 5) is 25.2. The number of hydrogen-bond donors (Lipinski definition) is 3. The normalized spacial score (nSPS) is 11.6. The molecule has 0 fully saturated rings. The van der Waals surface area contributed by atoms with Crippen molar-refractivity contribution in [1.82, 2.24) is 15.5 Å². The molecule has 0 aliphatic carbocycles. The van der Waals surface area contributed by atoms with E-state index in [0.717, 1.165) is 16.9 Å². The summed E-state index contributed by atoms with van der Waals surface area (Å²) in [6.45, 7) is 5.69. The minimum Gasteiger partial charge on any atom is -0.497 e. The largest absolute Gasteiger partial charge is 0.497 e. The van der Waals surface area contributed by atoms with Gasteiger partial charge in [0.25, 0.3) is 0 Å². The Morgan fingerprint density at radius 1 is 0.968 bits per heavy atom. The van der Waals surface area contributed by atoms with Gasteiger partial charge in [-0.3, -0.25) is 10.1 Å². The third-order valence-corrected chi connectivity index (χ3v) is 5.43. The van der Waals surface area contributed by atoms with E-state index in [1.54, 1.807) is 19.2 Å². The van der Waals surface area contributed by atoms with Gasteiger partial charge in [0, 0.05) is 11.3 Å². The second-order valence-electron chi connectivity index (χ2n) is 7.32. The summed E-state index contributed by atoms with van der Waals surface area (Å²) in [5, 5.41) is 17.4. The highest BCUT2D eigenvalue weighted by atomic mass is 32.1. The zero-order valence-electron chi connectivity index (χ0n) is 17.8. The number of benzene rings is 2. The molecule has 0 aliphatic rings. The van der Waals surface area contributed by atoms with Crippen LogP contribution in [0.5, 0.6) is 5.75 Å². The molecule has 2 aromatic carbocycles. The molecule has 1 unspecified atom stereocenters. The highest BCUT2D eigenvalue weighted by molar-refractivity contribution is 7.18. The maximum Gasteiger partial charge on any atom is 0.319 e. The van der Waals surface area contributed by atoms with E-state index in [1.165, 1.54) is 11.3 Å². The number of nitrogens with zero attached hydrogens (tertiary/aromatic N) is 2. The maximum absolute atomic E-state index is 12.8. The van der Waals surface area contributed by atoms with Gasteiger partial charge in [0.2, 0.25) is 11.0 Å². The van der Waals surface area contributed by atoms with Gasteiger partial charge in [-0.1, -0.05) is 42.9 Å². The number of urea groups is 1.